The summed E-state index contributed by atoms with van der Waals surface area (Å²) in [5, 5.41) is 2.74. The molecule has 0 radical (unpaired) electrons. The molecule has 1 rings (SSSR count). The molecule has 0 saturated carbocycles. The number of nitrogens with one attached hydrogen (secondary N) is 1. The second-order valence-electron chi connectivity index (χ2n) is 6.71. The van der Waals surface area contributed by atoms with Gasteiger partial charge in [0.15, 0.2) is 6.29 Å². The quantitative estimate of drug-likeness (QED) is 0.548. The molecular weight excluding hydrogens is 351 g/mol. The number of anilines is 1. The molecule has 0 aliphatic carbocycles. The summed E-state index contributed by atoms with van der Waals surface area (Å²) < 4.78 is 55.2. The van der Waals surface area contributed by atoms with Crippen molar-refractivity contribution in [3.05, 3.63) is 29.3 Å². The van der Waals surface area contributed by atoms with E-state index in [1.165, 1.54) is 20.3 Å². The number of esters is 1. The zero-order chi connectivity index (χ0) is 20.0. The lowest BCUT2D eigenvalue weighted by molar-refractivity contribution is -0.154. The summed E-state index contributed by atoms with van der Waals surface area (Å²) in [7, 11) is 2.80. The molecule has 0 heterocycles. The molecule has 5 nitrogen and oxygen atoms in total. The number of methoxy groups -OCH3 is 2. The van der Waals surface area contributed by atoms with Gasteiger partial charge in [0, 0.05) is 26.3 Å². The summed E-state index contributed by atoms with van der Waals surface area (Å²) in [6.07, 6.45) is -5.13. The van der Waals surface area contributed by atoms with Gasteiger partial charge in [0.05, 0.1) is 12.1 Å². The van der Waals surface area contributed by atoms with Gasteiger partial charge in [-0.2, -0.15) is 13.2 Å². The van der Waals surface area contributed by atoms with E-state index in [0.717, 1.165) is 6.07 Å². The Morgan fingerprint density at radius 3 is 2.27 bits per heavy atom. The Bertz CT molecular complexity index is 593. The number of hydrogen-bond acceptors (Lipinski definition) is 5. The summed E-state index contributed by atoms with van der Waals surface area (Å²) in [5.74, 6) is -0.465. The predicted molar refractivity (Wildman–Crippen MR) is 91.9 cm³/mol. The molecule has 0 spiro atoms. The van der Waals surface area contributed by atoms with Crippen molar-refractivity contribution < 1.29 is 32.2 Å². The maximum Gasteiger partial charge on any atom is 0.418 e. The number of aryl methyl sites for hydroxylation is 1. The monoisotopic (exact) mass is 377 g/mol. The summed E-state index contributed by atoms with van der Waals surface area (Å²) in [6.45, 7) is 5.23. The average Bonchev–Trinajstić information content (AvgIpc) is 2.51. The van der Waals surface area contributed by atoms with Crippen LogP contribution in [0.5, 0.6) is 0 Å². The van der Waals surface area contributed by atoms with Crippen molar-refractivity contribution in [2.24, 2.45) is 0 Å². The number of ether oxygens (including phenoxy) is 3. The molecule has 0 aliphatic rings. The third-order valence-electron chi connectivity index (χ3n) is 3.45. The first-order valence-electron chi connectivity index (χ1n) is 8.18. The molecule has 1 aromatic carbocycles. The highest BCUT2D eigenvalue weighted by molar-refractivity contribution is 5.71. The number of carbonyl (C=O) groups is 1. The molecule has 1 N–H and O–H groups in total. The van der Waals surface area contributed by atoms with Crippen molar-refractivity contribution in [1.29, 1.82) is 0 Å². The zero-order valence-corrected chi connectivity index (χ0v) is 15.7. The van der Waals surface area contributed by atoms with Crippen LogP contribution < -0.4 is 5.32 Å². The Kier molecular flexibility index (Phi) is 7.89. The Morgan fingerprint density at radius 1 is 1.15 bits per heavy atom. The Morgan fingerprint density at radius 2 is 1.77 bits per heavy atom. The predicted octanol–water partition coefficient (Wildman–Crippen LogP) is 4.01. The van der Waals surface area contributed by atoms with Crippen LogP contribution in [-0.4, -0.2) is 38.6 Å². The van der Waals surface area contributed by atoms with Gasteiger partial charge in [-0.1, -0.05) is 12.1 Å². The van der Waals surface area contributed by atoms with E-state index in [1.54, 1.807) is 26.8 Å². The SMILES string of the molecule is COC(CNc1c(CCC(=O)OC(C)(C)C)cccc1C(F)(F)F)OC. The fourth-order valence-corrected chi connectivity index (χ4v) is 2.33. The van der Waals surface area contributed by atoms with Gasteiger partial charge < -0.3 is 19.5 Å². The zero-order valence-electron chi connectivity index (χ0n) is 15.7. The molecule has 0 aromatic heterocycles. The fraction of sp³-hybridized carbons (Fsp3) is 0.611. The topological polar surface area (TPSA) is 56.8 Å². The minimum absolute atomic E-state index is 0.0226. The smallest absolute Gasteiger partial charge is 0.418 e. The number of hydrogen-bond donors (Lipinski definition) is 1. The van der Waals surface area contributed by atoms with Gasteiger partial charge in [-0.3, -0.25) is 4.79 Å². The number of carbonyl (C=O) groups excluding carboxylic acids is 1. The molecule has 0 atom stereocenters. The Hall–Kier alpha value is -1.80. The maximum absolute atomic E-state index is 13.3. The van der Waals surface area contributed by atoms with Crippen LogP contribution in [0.2, 0.25) is 0 Å². The summed E-state index contributed by atoms with van der Waals surface area (Å²) in [5.41, 5.74) is -1.15. The van der Waals surface area contributed by atoms with Crippen LogP contribution in [0.3, 0.4) is 0 Å². The van der Waals surface area contributed by atoms with Gasteiger partial charge in [0.1, 0.15) is 5.60 Å². The van der Waals surface area contributed by atoms with Crippen LogP contribution in [-0.2, 0) is 31.6 Å². The Labute approximate surface area is 151 Å². The lowest BCUT2D eigenvalue weighted by atomic mass is 10.0. The third kappa shape index (κ3) is 7.21. The molecule has 0 unspecified atom stereocenters. The van der Waals surface area contributed by atoms with Gasteiger partial charge in [-0.15, -0.1) is 0 Å². The van der Waals surface area contributed by atoms with E-state index < -0.39 is 29.6 Å². The Balaban J connectivity index is 3.01. The number of benzene rings is 1. The van der Waals surface area contributed by atoms with E-state index in [2.05, 4.69) is 5.32 Å². The van der Waals surface area contributed by atoms with Crippen LogP contribution in [0, 0.1) is 0 Å². The van der Waals surface area contributed by atoms with Crippen molar-refractivity contribution in [3.63, 3.8) is 0 Å². The van der Waals surface area contributed by atoms with Gasteiger partial charge in [-0.05, 0) is 38.8 Å². The fourth-order valence-electron chi connectivity index (χ4n) is 2.33. The van der Waals surface area contributed by atoms with Gasteiger partial charge in [-0.25, -0.2) is 0 Å². The lowest BCUT2D eigenvalue weighted by Crippen LogP contribution is -2.26. The van der Waals surface area contributed by atoms with Crippen LogP contribution in [0.1, 0.15) is 38.3 Å². The first kappa shape index (κ1) is 22.2. The van der Waals surface area contributed by atoms with Gasteiger partial charge >= 0.3 is 12.1 Å². The summed E-state index contributed by atoms with van der Waals surface area (Å²) >= 11 is 0. The number of rotatable bonds is 8. The molecule has 26 heavy (non-hydrogen) atoms. The number of halogens is 3. The number of para-hydroxylation sites is 1. The van der Waals surface area contributed by atoms with Crippen LogP contribution in [0.25, 0.3) is 0 Å². The van der Waals surface area contributed by atoms with Crippen molar-refractivity contribution in [3.8, 4) is 0 Å². The second kappa shape index (κ2) is 9.23. The van der Waals surface area contributed by atoms with E-state index >= 15 is 0 Å². The van der Waals surface area contributed by atoms with Crippen LogP contribution in [0.4, 0.5) is 18.9 Å². The standard InChI is InChI=1S/C18H26F3NO4/c1-17(2,3)26-14(23)10-9-12-7-6-8-13(18(19,20)21)16(12)22-11-15(24-4)25-5/h6-8,15,22H,9-11H2,1-5H3. The minimum atomic E-state index is -4.53. The van der Waals surface area contributed by atoms with E-state index in [0.29, 0.717) is 5.56 Å². The lowest BCUT2D eigenvalue weighted by Gasteiger charge is -2.22. The second-order valence-corrected chi connectivity index (χ2v) is 6.71. The molecule has 0 bridgehead atoms. The summed E-state index contributed by atoms with van der Waals surface area (Å²) in [6, 6.07) is 3.87. The highest BCUT2D eigenvalue weighted by Gasteiger charge is 2.34. The average molecular weight is 377 g/mol. The van der Waals surface area contributed by atoms with Gasteiger partial charge in [0.2, 0.25) is 0 Å². The largest absolute Gasteiger partial charge is 0.460 e. The maximum atomic E-state index is 13.3. The van der Waals surface area contributed by atoms with Crippen molar-refractivity contribution >= 4 is 11.7 Å². The van der Waals surface area contributed by atoms with Crippen LogP contribution >= 0.6 is 0 Å². The first-order chi connectivity index (χ1) is 12.0. The highest BCUT2D eigenvalue weighted by atomic mass is 19.4. The first-order valence-corrected chi connectivity index (χ1v) is 8.18. The van der Waals surface area contributed by atoms with Crippen molar-refractivity contribution in [2.45, 2.75) is 51.7 Å². The van der Waals surface area contributed by atoms with E-state index in [1.807, 2.05) is 0 Å². The van der Waals surface area contributed by atoms with E-state index in [4.69, 9.17) is 14.2 Å². The normalized spacial score (nSPS) is 12.3. The molecule has 1 aromatic rings. The van der Waals surface area contributed by atoms with Crippen molar-refractivity contribution in [2.75, 3.05) is 26.1 Å². The molecule has 0 amide bonds. The van der Waals surface area contributed by atoms with Crippen LogP contribution in [0.15, 0.2) is 18.2 Å². The molecular formula is C18H26F3NO4. The molecule has 0 fully saturated rings. The molecule has 0 saturated heterocycles. The summed E-state index contributed by atoms with van der Waals surface area (Å²) in [4.78, 5) is 11.9. The highest BCUT2D eigenvalue weighted by Crippen LogP contribution is 2.37. The minimum Gasteiger partial charge on any atom is -0.460 e. The third-order valence-corrected chi connectivity index (χ3v) is 3.45. The molecule has 148 valence electrons. The van der Waals surface area contributed by atoms with Crippen molar-refractivity contribution in [1.82, 2.24) is 0 Å². The number of alkyl halides is 3. The molecule has 8 heteroatoms. The molecule has 0 aliphatic heterocycles. The van der Waals surface area contributed by atoms with E-state index in [9.17, 15) is 18.0 Å². The van der Waals surface area contributed by atoms with Gasteiger partial charge in [0.25, 0.3) is 0 Å². The van der Waals surface area contributed by atoms with E-state index in [-0.39, 0.29) is 25.1 Å².